The monoisotopic (exact) mass is 302 g/mol. The summed E-state index contributed by atoms with van der Waals surface area (Å²) >= 11 is 1.67. The average molecular weight is 302 g/mol. The molecule has 0 fully saturated rings. The van der Waals surface area contributed by atoms with Gasteiger partial charge in [-0.3, -0.25) is 9.99 Å². The fraction of sp³-hybridized carbons (Fsp3) is 0.167. The maximum atomic E-state index is 5.40. The highest BCUT2D eigenvalue weighted by molar-refractivity contribution is 7.08. The molecule has 0 saturated heterocycles. The van der Waals surface area contributed by atoms with Gasteiger partial charge in [0.2, 0.25) is 17.8 Å². The Labute approximate surface area is 125 Å². The van der Waals surface area contributed by atoms with Crippen LogP contribution in [0.15, 0.2) is 29.5 Å². The van der Waals surface area contributed by atoms with Crippen molar-refractivity contribution in [2.24, 2.45) is 5.84 Å². The molecule has 0 saturated carbocycles. The van der Waals surface area contributed by atoms with Crippen LogP contribution >= 0.6 is 11.3 Å². The SMILES string of the molecule is Cc1cscc1CNc1nc(NN)nc(-n2ccnc2)n1. The second kappa shape index (κ2) is 5.85. The van der Waals surface area contributed by atoms with Gasteiger partial charge in [-0.05, 0) is 28.8 Å². The molecule has 0 amide bonds. The fourth-order valence-corrected chi connectivity index (χ4v) is 2.60. The second-order valence-corrected chi connectivity index (χ2v) is 5.07. The van der Waals surface area contributed by atoms with E-state index in [1.165, 1.54) is 11.1 Å². The third-order valence-corrected chi connectivity index (χ3v) is 3.80. The van der Waals surface area contributed by atoms with Crippen LogP contribution in [0, 0.1) is 6.92 Å². The van der Waals surface area contributed by atoms with Gasteiger partial charge in [-0.1, -0.05) is 0 Å². The molecule has 0 atom stereocenters. The number of anilines is 2. The summed E-state index contributed by atoms with van der Waals surface area (Å²) in [6.07, 6.45) is 5.02. The van der Waals surface area contributed by atoms with Gasteiger partial charge in [0.05, 0.1) is 0 Å². The Kier molecular flexibility index (Phi) is 3.75. The van der Waals surface area contributed by atoms with E-state index in [0.717, 1.165) is 0 Å². The van der Waals surface area contributed by atoms with Crippen molar-refractivity contribution in [3.8, 4) is 5.95 Å². The van der Waals surface area contributed by atoms with E-state index in [-0.39, 0.29) is 0 Å². The largest absolute Gasteiger partial charge is 0.350 e. The van der Waals surface area contributed by atoms with Crippen molar-refractivity contribution in [2.45, 2.75) is 13.5 Å². The zero-order valence-corrected chi connectivity index (χ0v) is 12.1. The van der Waals surface area contributed by atoms with Crippen molar-refractivity contribution < 1.29 is 0 Å². The molecule has 9 heteroatoms. The Morgan fingerprint density at radius 1 is 1.24 bits per heavy atom. The first-order chi connectivity index (χ1) is 10.3. The van der Waals surface area contributed by atoms with E-state index in [9.17, 15) is 0 Å². The number of hydrogen-bond donors (Lipinski definition) is 3. The topological polar surface area (TPSA) is 107 Å². The van der Waals surface area contributed by atoms with Crippen LogP contribution in [0.5, 0.6) is 0 Å². The maximum absolute atomic E-state index is 5.40. The van der Waals surface area contributed by atoms with E-state index in [2.05, 4.69) is 48.4 Å². The summed E-state index contributed by atoms with van der Waals surface area (Å²) in [4.78, 5) is 16.7. The molecule has 3 rings (SSSR count). The number of imidazole rings is 1. The molecule has 3 aromatic heterocycles. The number of thiophene rings is 1. The lowest BCUT2D eigenvalue weighted by Crippen LogP contribution is -2.15. The highest BCUT2D eigenvalue weighted by atomic mass is 32.1. The number of hydrazine groups is 1. The number of aromatic nitrogens is 5. The van der Waals surface area contributed by atoms with Gasteiger partial charge in [-0.25, -0.2) is 10.8 Å². The molecule has 21 heavy (non-hydrogen) atoms. The number of aryl methyl sites for hydroxylation is 1. The summed E-state index contributed by atoms with van der Waals surface area (Å²) in [5, 5.41) is 7.39. The molecule has 4 N–H and O–H groups in total. The molecule has 108 valence electrons. The number of hydrogen-bond acceptors (Lipinski definition) is 8. The minimum Gasteiger partial charge on any atom is -0.350 e. The highest BCUT2D eigenvalue weighted by Crippen LogP contribution is 2.15. The summed E-state index contributed by atoms with van der Waals surface area (Å²) in [5.74, 6) is 6.59. The van der Waals surface area contributed by atoms with Gasteiger partial charge in [0, 0.05) is 18.9 Å². The highest BCUT2D eigenvalue weighted by Gasteiger charge is 2.08. The molecular weight excluding hydrogens is 288 g/mol. The Hall–Kier alpha value is -2.52. The molecule has 8 nitrogen and oxygen atoms in total. The number of rotatable bonds is 5. The molecule has 0 bridgehead atoms. The van der Waals surface area contributed by atoms with E-state index in [4.69, 9.17) is 5.84 Å². The van der Waals surface area contributed by atoms with Crippen molar-refractivity contribution >= 4 is 23.2 Å². The minimum absolute atomic E-state index is 0.290. The number of nitrogens with two attached hydrogens (primary N) is 1. The van der Waals surface area contributed by atoms with E-state index in [1.807, 2.05) is 0 Å². The Balaban J connectivity index is 1.84. The fourth-order valence-electron chi connectivity index (χ4n) is 1.74. The molecule has 0 unspecified atom stereocenters. The molecular formula is C12H14N8S. The first kappa shape index (κ1) is 13.5. The number of nitrogen functional groups attached to an aromatic ring is 1. The van der Waals surface area contributed by atoms with E-state index < -0.39 is 0 Å². The second-order valence-electron chi connectivity index (χ2n) is 4.33. The Morgan fingerprint density at radius 3 is 2.76 bits per heavy atom. The van der Waals surface area contributed by atoms with Crippen molar-refractivity contribution in [1.29, 1.82) is 0 Å². The number of nitrogens with zero attached hydrogens (tertiary/aromatic N) is 5. The quantitative estimate of drug-likeness (QED) is 0.482. The summed E-state index contributed by atoms with van der Waals surface area (Å²) in [5.41, 5.74) is 4.90. The molecule has 0 aliphatic carbocycles. The van der Waals surface area contributed by atoms with Crippen LogP contribution in [0.2, 0.25) is 0 Å². The molecule has 0 radical (unpaired) electrons. The molecule has 0 aliphatic rings. The summed E-state index contributed by atoms with van der Waals surface area (Å²) in [7, 11) is 0. The summed E-state index contributed by atoms with van der Waals surface area (Å²) in [6, 6.07) is 0. The van der Waals surface area contributed by atoms with Crippen LogP contribution in [0.25, 0.3) is 5.95 Å². The van der Waals surface area contributed by atoms with Gasteiger partial charge in [-0.2, -0.15) is 26.3 Å². The van der Waals surface area contributed by atoms with Crippen LogP contribution in [-0.4, -0.2) is 24.5 Å². The predicted octanol–water partition coefficient (Wildman–Crippen LogP) is 1.32. The van der Waals surface area contributed by atoms with Crippen LogP contribution in [0.3, 0.4) is 0 Å². The van der Waals surface area contributed by atoms with Crippen molar-refractivity contribution in [2.75, 3.05) is 10.7 Å². The van der Waals surface area contributed by atoms with Crippen molar-refractivity contribution in [3.63, 3.8) is 0 Å². The third-order valence-electron chi connectivity index (χ3n) is 2.89. The lowest BCUT2D eigenvalue weighted by Gasteiger charge is -2.08. The molecule has 0 aromatic carbocycles. The van der Waals surface area contributed by atoms with Gasteiger partial charge in [0.15, 0.2) is 0 Å². The molecule has 0 spiro atoms. The van der Waals surface area contributed by atoms with Gasteiger partial charge >= 0.3 is 0 Å². The third kappa shape index (κ3) is 2.98. The number of nitrogens with one attached hydrogen (secondary N) is 2. The lowest BCUT2D eigenvalue weighted by molar-refractivity contribution is 0.887. The molecule has 0 aliphatic heterocycles. The maximum Gasteiger partial charge on any atom is 0.243 e. The van der Waals surface area contributed by atoms with E-state index in [0.29, 0.717) is 24.4 Å². The first-order valence-electron chi connectivity index (χ1n) is 6.23. The van der Waals surface area contributed by atoms with E-state index >= 15 is 0 Å². The van der Waals surface area contributed by atoms with Gasteiger partial charge in [-0.15, -0.1) is 0 Å². The van der Waals surface area contributed by atoms with Crippen LogP contribution in [-0.2, 0) is 6.54 Å². The Bertz CT molecular complexity index is 721. The van der Waals surface area contributed by atoms with E-state index in [1.54, 1.807) is 34.6 Å². The standard InChI is InChI=1S/C12H14N8S/c1-8-5-21-6-9(8)4-15-10-16-11(19-13)18-12(17-10)20-3-2-14-7-20/h2-3,5-7H,4,13H2,1H3,(H2,15,16,17,18,19). The zero-order valence-electron chi connectivity index (χ0n) is 11.3. The summed E-state index contributed by atoms with van der Waals surface area (Å²) in [6.45, 7) is 2.72. The van der Waals surface area contributed by atoms with Crippen molar-refractivity contribution in [1.82, 2.24) is 24.5 Å². The Morgan fingerprint density at radius 2 is 2.10 bits per heavy atom. The van der Waals surface area contributed by atoms with Crippen LogP contribution in [0.4, 0.5) is 11.9 Å². The van der Waals surface area contributed by atoms with Gasteiger partial charge in [0.25, 0.3) is 0 Å². The first-order valence-corrected chi connectivity index (χ1v) is 7.17. The summed E-state index contributed by atoms with van der Waals surface area (Å²) < 4.78 is 1.68. The lowest BCUT2D eigenvalue weighted by atomic mass is 10.2. The predicted molar refractivity (Wildman–Crippen MR) is 81.1 cm³/mol. The van der Waals surface area contributed by atoms with Crippen LogP contribution < -0.4 is 16.6 Å². The van der Waals surface area contributed by atoms with Gasteiger partial charge in [0.1, 0.15) is 6.33 Å². The van der Waals surface area contributed by atoms with Gasteiger partial charge < -0.3 is 5.32 Å². The average Bonchev–Trinajstić information content (AvgIpc) is 3.16. The smallest absolute Gasteiger partial charge is 0.243 e. The zero-order chi connectivity index (χ0) is 14.7. The normalized spacial score (nSPS) is 10.6. The molecule has 3 aromatic rings. The van der Waals surface area contributed by atoms with Crippen LogP contribution in [0.1, 0.15) is 11.1 Å². The minimum atomic E-state index is 0.290. The van der Waals surface area contributed by atoms with Crippen molar-refractivity contribution in [3.05, 3.63) is 40.6 Å². The molecule has 3 heterocycles.